The molecule has 0 saturated carbocycles. The molecule has 5 rings (SSSR count). The lowest BCUT2D eigenvalue weighted by molar-refractivity contribution is -0.135. The lowest BCUT2D eigenvalue weighted by Crippen LogP contribution is -2.47. The molecule has 200 valence electrons. The van der Waals surface area contributed by atoms with E-state index < -0.39 is 6.04 Å². The first-order valence-corrected chi connectivity index (χ1v) is 13.4. The fourth-order valence-electron chi connectivity index (χ4n) is 5.40. The second-order valence-electron chi connectivity index (χ2n) is 10.3. The number of ether oxygens (including phenoxy) is 1. The van der Waals surface area contributed by atoms with Crippen LogP contribution in [0.1, 0.15) is 65.3 Å². The molecule has 2 fully saturated rings. The molecule has 2 atom stereocenters. The summed E-state index contributed by atoms with van der Waals surface area (Å²) in [7, 11) is 3.74. The number of piperidine rings is 2. The highest BCUT2D eigenvalue weighted by Gasteiger charge is 2.32. The molecule has 0 aliphatic carbocycles. The molecule has 2 aliphatic rings. The third-order valence-electron chi connectivity index (χ3n) is 7.75. The first-order valence-electron chi connectivity index (χ1n) is 13.4. The number of rotatable bonds is 7. The van der Waals surface area contributed by atoms with Crippen molar-refractivity contribution in [3.8, 4) is 5.75 Å². The summed E-state index contributed by atoms with van der Waals surface area (Å²) in [6.07, 6.45) is 6.07. The van der Waals surface area contributed by atoms with Crippen LogP contribution in [-0.4, -0.2) is 76.9 Å². The largest absolute Gasteiger partial charge is 0.497 e. The third-order valence-corrected chi connectivity index (χ3v) is 7.75. The Bertz CT molecular complexity index is 1220. The number of nitrogens with one attached hydrogen (secondary N) is 1. The van der Waals surface area contributed by atoms with Crippen LogP contribution in [0.5, 0.6) is 5.75 Å². The van der Waals surface area contributed by atoms with Gasteiger partial charge in [-0.3, -0.25) is 9.59 Å². The molecule has 1 N–H and O–H groups in total. The normalized spacial score (nSPS) is 19.6. The molecular weight excluding hydrogens is 480 g/mol. The Morgan fingerprint density at radius 2 is 1.74 bits per heavy atom. The van der Waals surface area contributed by atoms with Gasteiger partial charge in [-0.25, -0.2) is 4.68 Å². The molecule has 9 heteroatoms. The SMILES string of the molecule is COc1ccc(C(=O)NC(C(=O)N2CCCC(n3cc(C4CCN(C)CC4)nn3)C2)c2ccccc2)cc1. The van der Waals surface area contributed by atoms with Crippen LogP contribution < -0.4 is 10.1 Å². The standard InChI is InChI=1S/C29H36N6O3/c1-33-17-14-21(15-18-33)26-20-35(32-31-26)24-9-6-16-34(19-24)29(37)27(22-7-4-3-5-8-22)30-28(36)23-10-12-25(38-2)13-11-23/h3-5,7-8,10-13,20-21,24,27H,6,9,14-19H2,1-2H3,(H,30,36). The van der Waals surface area contributed by atoms with Gasteiger partial charge < -0.3 is 19.9 Å². The predicted octanol–water partition coefficient (Wildman–Crippen LogP) is 3.43. The lowest BCUT2D eigenvalue weighted by Gasteiger charge is -2.35. The summed E-state index contributed by atoms with van der Waals surface area (Å²) in [5.41, 5.74) is 2.28. The van der Waals surface area contributed by atoms with Crippen LogP contribution in [0.2, 0.25) is 0 Å². The number of methoxy groups -OCH3 is 1. The van der Waals surface area contributed by atoms with E-state index in [1.54, 1.807) is 31.4 Å². The van der Waals surface area contributed by atoms with E-state index in [1.807, 2.05) is 39.9 Å². The summed E-state index contributed by atoms with van der Waals surface area (Å²) < 4.78 is 7.14. The van der Waals surface area contributed by atoms with Crippen LogP contribution >= 0.6 is 0 Å². The van der Waals surface area contributed by atoms with Gasteiger partial charge in [-0.05, 0) is 75.6 Å². The van der Waals surface area contributed by atoms with Crippen molar-refractivity contribution < 1.29 is 14.3 Å². The van der Waals surface area contributed by atoms with Gasteiger partial charge in [0.05, 0.1) is 18.8 Å². The number of carbonyl (C=O) groups excluding carboxylic acids is 2. The Labute approximate surface area is 223 Å². The highest BCUT2D eigenvalue weighted by Crippen LogP contribution is 2.29. The van der Waals surface area contributed by atoms with E-state index in [1.165, 1.54) is 0 Å². The molecule has 3 heterocycles. The molecule has 0 radical (unpaired) electrons. The van der Waals surface area contributed by atoms with E-state index in [0.29, 0.717) is 30.3 Å². The van der Waals surface area contributed by atoms with E-state index in [9.17, 15) is 9.59 Å². The van der Waals surface area contributed by atoms with Gasteiger partial charge in [0, 0.05) is 30.8 Å². The maximum atomic E-state index is 13.9. The Balaban J connectivity index is 1.30. The first-order chi connectivity index (χ1) is 18.5. The average molecular weight is 517 g/mol. The fourth-order valence-corrected chi connectivity index (χ4v) is 5.40. The van der Waals surface area contributed by atoms with Crippen molar-refractivity contribution in [3.05, 3.63) is 77.6 Å². The van der Waals surface area contributed by atoms with Crippen LogP contribution in [0.4, 0.5) is 0 Å². The van der Waals surface area contributed by atoms with Crippen molar-refractivity contribution in [1.82, 2.24) is 30.1 Å². The lowest BCUT2D eigenvalue weighted by atomic mass is 9.94. The van der Waals surface area contributed by atoms with Gasteiger partial charge in [-0.1, -0.05) is 35.5 Å². The maximum absolute atomic E-state index is 13.9. The summed E-state index contributed by atoms with van der Waals surface area (Å²) in [6, 6.07) is 15.6. The van der Waals surface area contributed by atoms with Crippen LogP contribution in [-0.2, 0) is 4.79 Å². The number of nitrogens with zero attached hydrogens (tertiary/aromatic N) is 5. The number of amides is 2. The van der Waals surface area contributed by atoms with Gasteiger partial charge in [0.1, 0.15) is 11.8 Å². The minimum absolute atomic E-state index is 0.0638. The molecule has 2 aromatic carbocycles. The maximum Gasteiger partial charge on any atom is 0.252 e. The molecule has 38 heavy (non-hydrogen) atoms. The van der Waals surface area contributed by atoms with Crippen molar-refractivity contribution in [2.75, 3.05) is 40.3 Å². The Kier molecular flexibility index (Phi) is 8.03. The van der Waals surface area contributed by atoms with E-state index in [4.69, 9.17) is 4.74 Å². The number of benzene rings is 2. The van der Waals surface area contributed by atoms with Gasteiger partial charge in [-0.15, -0.1) is 5.10 Å². The fraction of sp³-hybridized carbons (Fsp3) is 0.448. The number of likely N-dealkylation sites (tertiary alicyclic amines) is 2. The monoisotopic (exact) mass is 516 g/mol. The zero-order chi connectivity index (χ0) is 26.5. The van der Waals surface area contributed by atoms with Crippen LogP contribution in [0, 0.1) is 0 Å². The zero-order valence-electron chi connectivity index (χ0n) is 22.1. The summed E-state index contributed by atoms with van der Waals surface area (Å²) in [6.45, 7) is 3.34. The molecule has 0 bridgehead atoms. The molecule has 9 nitrogen and oxygen atoms in total. The highest BCUT2D eigenvalue weighted by atomic mass is 16.5. The Morgan fingerprint density at radius 1 is 1.00 bits per heavy atom. The Morgan fingerprint density at radius 3 is 2.45 bits per heavy atom. The highest BCUT2D eigenvalue weighted by molar-refractivity contribution is 5.98. The first kappa shape index (κ1) is 25.9. The van der Waals surface area contributed by atoms with Gasteiger partial charge in [0.25, 0.3) is 5.91 Å². The number of hydrogen-bond acceptors (Lipinski definition) is 6. The smallest absolute Gasteiger partial charge is 0.252 e. The van der Waals surface area contributed by atoms with E-state index in [0.717, 1.165) is 50.0 Å². The van der Waals surface area contributed by atoms with Gasteiger partial charge in [-0.2, -0.15) is 0 Å². The summed E-state index contributed by atoms with van der Waals surface area (Å²) in [5, 5.41) is 12.0. The van der Waals surface area contributed by atoms with Crippen molar-refractivity contribution >= 4 is 11.8 Å². The molecule has 3 aromatic rings. The predicted molar refractivity (Wildman–Crippen MR) is 144 cm³/mol. The Hall–Kier alpha value is -3.72. The van der Waals surface area contributed by atoms with Crippen molar-refractivity contribution in [2.24, 2.45) is 0 Å². The zero-order valence-corrected chi connectivity index (χ0v) is 22.1. The second kappa shape index (κ2) is 11.8. The quantitative estimate of drug-likeness (QED) is 0.517. The van der Waals surface area contributed by atoms with Crippen LogP contribution in [0.15, 0.2) is 60.8 Å². The third kappa shape index (κ3) is 5.88. The van der Waals surface area contributed by atoms with Crippen LogP contribution in [0.3, 0.4) is 0 Å². The summed E-state index contributed by atoms with van der Waals surface area (Å²) >= 11 is 0. The van der Waals surface area contributed by atoms with E-state index >= 15 is 0 Å². The van der Waals surface area contributed by atoms with Crippen molar-refractivity contribution in [1.29, 1.82) is 0 Å². The summed E-state index contributed by atoms with van der Waals surface area (Å²) in [5.74, 6) is 0.696. The van der Waals surface area contributed by atoms with Crippen LogP contribution in [0.25, 0.3) is 0 Å². The molecule has 0 spiro atoms. The van der Waals surface area contributed by atoms with E-state index in [2.05, 4.69) is 33.8 Å². The average Bonchev–Trinajstić information content (AvgIpc) is 3.47. The topological polar surface area (TPSA) is 92.6 Å². The van der Waals surface area contributed by atoms with Crippen molar-refractivity contribution in [3.63, 3.8) is 0 Å². The molecule has 2 aliphatic heterocycles. The van der Waals surface area contributed by atoms with Gasteiger partial charge >= 0.3 is 0 Å². The number of hydrogen-bond donors (Lipinski definition) is 1. The molecular formula is C29H36N6O3. The van der Waals surface area contributed by atoms with Crippen molar-refractivity contribution in [2.45, 2.75) is 43.7 Å². The minimum atomic E-state index is -0.782. The molecule has 2 saturated heterocycles. The van der Waals surface area contributed by atoms with E-state index in [-0.39, 0.29) is 17.9 Å². The summed E-state index contributed by atoms with van der Waals surface area (Å²) in [4.78, 5) is 31.2. The van der Waals surface area contributed by atoms with Gasteiger partial charge in [0.15, 0.2) is 0 Å². The second-order valence-corrected chi connectivity index (χ2v) is 10.3. The van der Waals surface area contributed by atoms with Gasteiger partial charge in [0.2, 0.25) is 5.91 Å². The molecule has 2 amide bonds. The minimum Gasteiger partial charge on any atom is -0.497 e. The molecule has 1 aromatic heterocycles. The molecule has 2 unspecified atom stereocenters. The number of aromatic nitrogens is 3. The number of carbonyl (C=O) groups is 2.